The van der Waals surface area contributed by atoms with Crippen molar-refractivity contribution < 1.29 is 4.65 Å². The lowest BCUT2D eigenvalue weighted by molar-refractivity contribution is -0.829. The molecule has 17 heavy (non-hydrogen) atoms. The van der Waals surface area contributed by atoms with Crippen LogP contribution in [0.1, 0.15) is 39.5 Å². The van der Waals surface area contributed by atoms with Crippen LogP contribution in [0.15, 0.2) is 10.7 Å². The standard InChI is InChI=1S/C13H21BrClNO/c1-4-7-8-9-10-12(15)11-13(14)16(17,5-2)6-3/h1,11-12H,5-10H2,2-3H3. The summed E-state index contributed by atoms with van der Waals surface area (Å²) >= 11 is 9.52. The summed E-state index contributed by atoms with van der Waals surface area (Å²) in [4.78, 5) is 0. The number of hydrogen-bond donors (Lipinski definition) is 0. The molecule has 0 saturated carbocycles. The van der Waals surface area contributed by atoms with Crippen molar-refractivity contribution in [2.45, 2.75) is 44.9 Å². The van der Waals surface area contributed by atoms with Gasteiger partial charge in [-0.05, 0) is 26.7 Å². The number of terminal acetylenes is 1. The Bertz CT molecular complexity index is 282. The largest absolute Gasteiger partial charge is 0.627 e. The second-order valence-corrected chi connectivity index (χ2v) is 5.35. The average Bonchev–Trinajstić information content (AvgIpc) is 2.33. The molecule has 0 rings (SSSR count). The number of alkyl halides is 1. The number of allylic oxidation sites excluding steroid dienone is 1. The zero-order valence-electron chi connectivity index (χ0n) is 10.6. The van der Waals surface area contributed by atoms with Crippen LogP contribution in [0.25, 0.3) is 0 Å². The van der Waals surface area contributed by atoms with Crippen LogP contribution in [-0.2, 0) is 0 Å². The van der Waals surface area contributed by atoms with Gasteiger partial charge in [0.25, 0.3) is 0 Å². The van der Waals surface area contributed by atoms with Gasteiger partial charge >= 0.3 is 0 Å². The monoisotopic (exact) mass is 321 g/mol. The van der Waals surface area contributed by atoms with Crippen LogP contribution in [0.2, 0.25) is 0 Å². The van der Waals surface area contributed by atoms with E-state index in [1.54, 1.807) is 0 Å². The summed E-state index contributed by atoms with van der Waals surface area (Å²) in [7, 11) is 0. The summed E-state index contributed by atoms with van der Waals surface area (Å²) < 4.78 is 0.271. The van der Waals surface area contributed by atoms with Crippen LogP contribution in [0, 0.1) is 17.6 Å². The van der Waals surface area contributed by atoms with Gasteiger partial charge in [-0.15, -0.1) is 23.9 Å². The number of hydroxylamine groups is 3. The predicted molar refractivity (Wildman–Crippen MR) is 78.7 cm³/mol. The third-order valence-corrected chi connectivity index (χ3v) is 4.04. The maximum Gasteiger partial charge on any atom is 0.173 e. The van der Waals surface area contributed by atoms with E-state index in [-0.39, 0.29) is 10.0 Å². The van der Waals surface area contributed by atoms with Crippen molar-refractivity contribution in [3.63, 3.8) is 0 Å². The lowest BCUT2D eigenvalue weighted by Gasteiger charge is -2.40. The van der Waals surface area contributed by atoms with E-state index in [1.165, 1.54) is 0 Å². The molecule has 4 heteroatoms. The zero-order chi connectivity index (χ0) is 13.3. The highest BCUT2D eigenvalue weighted by Gasteiger charge is 2.17. The molecule has 1 unspecified atom stereocenters. The Morgan fingerprint density at radius 1 is 1.47 bits per heavy atom. The Morgan fingerprint density at radius 3 is 2.53 bits per heavy atom. The van der Waals surface area contributed by atoms with Crippen molar-refractivity contribution in [2.75, 3.05) is 13.1 Å². The van der Waals surface area contributed by atoms with E-state index in [4.69, 9.17) is 18.0 Å². The van der Waals surface area contributed by atoms with Crippen LogP contribution in [0.3, 0.4) is 0 Å². The van der Waals surface area contributed by atoms with E-state index >= 15 is 0 Å². The van der Waals surface area contributed by atoms with Gasteiger partial charge in [0.2, 0.25) is 0 Å². The number of quaternary nitrogens is 1. The number of nitrogens with zero attached hydrogens (tertiary/aromatic N) is 1. The summed E-state index contributed by atoms with van der Waals surface area (Å²) in [6.45, 7) is 4.77. The SMILES string of the molecule is C#CCCCCC(Cl)C=C(Br)[N+]([O-])(CC)CC. The Morgan fingerprint density at radius 2 is 2.06 bits per heavy atom. The van der Waals surface area contributed by atoms with Crippen LogP contribution >= 0.6 is 27.5 Å². The summed E-state index contributed by atoms with van der Waals surface area (Å²) in [5.74, 6) is 2.60. The van der Waals surface area contributed by atoms with E-state index in [0.29, 0.717) is 17.7 Å². The molecule has 0 heterocycles. The Labute approximate surface area is 118 Å². The van der Waals surface area contributed by atoms with Crippen LogP contribution in [-0.4, -0.2) is 23.1 Å². The van der Waals surface area contributed by atoms with Gasteiger partial charge in [0.15, 0.2) is 4.61 Å². The summed E-state index contributed by atoms with van der Waals surface area (Å²) in [5, 5.41) is 12.1. The van der Waals surface area contributed by atoms with Gasteiger partial charge in [0.1, 0.15) is 0 Å². The molecule has 1 atom stereocenters. The molecule has 0 amide bonds. The first-order chi connectivity index (χ1) is 8.00. The normalized spacial score (nSPS) is 14.5. The first-order valence-electron chi connectivity index (χ1n) is 6.03. The molecule has 0 aliphatic carbocycles. The fraction of sp³-hybridized carbons (Fsp3) is 0.692. The van der Waals surface area contributed by atoms with Gasteiger partial charge < -0.3 is 9.85 Å². The van der Waals surface area contributed by atoms with E-state index in [1.807, 2.05) is 19.9 Å². The molecule has 0 aromatic carbocycles. The number of halogens is 2. The minimum absolute atomic E-state index is 0.105. The van der Waals surface area contributed by atoms with E-state index < -0.39 is 0 Å². The topological polar surface area (TPSA) is 23.1 Å². The lowest BCUT2D eigenvalue weighted by Crippen LogP contribution is -2.38. The summed E-state index contributed by atoms with van der Waals surface area (Å²) in [6, 6.07) is 0. The minimum Gasteiger partial charge on any atom is -0.627 e. The molecule has 0 N–H and O–H groups in total. The fourth-order valence-electron chi connectivity index (χ4n) is 1.46. The van der Waals surface area contributed by atoms with Crippen molar-refractivity contribution in [2.24, 2.45) is 0 Å². The molecule has 98 valence electrons. The van der Waals surface area contributed by atoms with Crippen molar-refractivity contribution in [1.82, 2.24) is 0 Å². The summed E-state index contributed by atoms with van der Waals surface area (Å²) in [5.41, 5.74) is 0. The van der Waals surface area contributed by atoms with Gasteiger partial charge in [-0.25, -0.2) is 0 Å². The molecule has 0 aliphatic rings. The third-order valence-electron chi connectivity index (χ3n) is 2.78. The molecule has 0 radical (unpaired) electrons. The van der Waals surface area contributed by atoms with Gasteiger partial charge in [-0.3, -0.25) is 0 Å². The molecule has 2 nitrogen and oxygen atoms in total. The quantitative estimate of drug-likeness (QED) is 0.162. The van der Waals surface area contributed by atoms with Crippen LogP contribution in [0.4, 0.5) is 0 Å². The van der Waals surface area contributed by atoms with Crippen molar-refractivity contribution in [3.8, 4) is 12.3 Å². The maximum atomic E-state index is 12.2. The molecule has 0 fully saturated rings. The maximum absolute atomic E-state index is 12.2. The molecule has 0 spiro atoms. The van der Waals surface area contributed by atoms with Crippen molar-refractivity contribution in [1.29, 1.82) is 0 Å². The van der Waals surface area contributed by atoms with Crippen molar-refractivity contribution >= 4 is 27.5 Å². The fourth-order valence-corrected chi connectivity index (χ4v) is 2.71. The molecule has 0 aromatic heterocycles. The Balaban J connectivity index is 4.23. The molecule has 0 saturated heterocycles. The number of unbranched alkanes of at least 4 members (excludes halogenated alkanes) is 2. The Hall–Kier alpha value is -0.0100. The molecule has 0 aliphatic heterocycles. The third kappa shape index (κ3) is 6.47. The van der Waals surface area contributed by atoms with E-state index in [2.05, 4.69) is 21.9 Å². The first kappa shape index (κ1) is 17.0. The average molecular weight is 323 g/mol. The van der Waals surface area contributed by atoms with E-state index in [0.717, 1.165) is 25.7 Å². The number of hydrogen-bond acceptors (Lipinski definition) is 1. The van der Waals surface area contributed by atoms with Gasteiger partial charge in [-0.1, -0.05) is 6.42 Å². The highest BCUT2D eigenvalue weighted by molar-refractivity contribution is 9.11. The smallest absolute Gasteiger partial charge is 0.173 e. The highest BCUT2D eigenvalue weighted by atomic mass is 79.9. The molecular weight excluding hydrogens is 302 g/mol. The minimum atomic E-state index is -0.354. The number of rotatable bonds is 8. The second kappa shape index (κ2) is 8.99. The second-order valence-electron chi connectivity index (χ2n) is 3.98. The molecule has 0 aromatic rings. The molecular formula is C13H21BrClNO. The zero-order valence-corrected chi connectivity index (χ0v) is 12.9. The lowest BCUT2D eigenvalue weighted by atomic mass is 10.1. The summed E-state index contributed by atoms with van der Waals surface area (Å²) in [6.07, 6.45) is 10.6. The van der Waals surface area contributed by atoms with Crippen LogP contribution < -0.4 is 0 Å². The van der Waals surface area contributed by atoms with Gasteiger partial charge in [-0.2, -0.15) is 0 Å². The predicted octanol–water partition coefficient (Wildman–Crippen LogP) is 4.38. The van der Waals surface area contributed by atoms with Gasteiger partial charge in [0, 0.05) is 28.4 Å². The van der Waals surface area contributed by atoms with E-state index in [9.17, 15) is 5.21 Å². The van der Waals surface area contributed by atoms with Crippen LogP contribution in [0.5, 0.6) is 0 Å². The van der Waals surface area contributed by atoms with Gasteiger partial charge in [0.05, 0.1) is 18.5 Å². The molecule has 0 bridgehead atoms. The first-order valence-corrected chi connectivity index (χ1v) is 7.26. The van der Waals surface area contributed by atoms with Crippen molar-refractivity contribution in [3.05, 3.63) is 15.9 Å². The Kier molecular flexibility index (Phi) is 8.99. The highest BCUT2D eigenvalue weighted by Crippen LogP contribution is 2.24.